The molecule has 0 saturated carbocycles. The summed E-state index contributed by atoms with van der Waals surface area (Å²) >= 11 is 0. The van der Waals surface area contributed by atoms with Crippen LogP contribution in [0.1, 0.15) is 38.9 Å². The van der Waals surface area contributed by atoms with Gasteiger partial charge in [-0.1, -0.05) is 6.08 Å². The molecule has 0 saturated heterocycles. The third-order valence-corrected chi connectivity index (χ3v) is 2.45. The molecule has 0 amide bonds. The summed E-state index contributed by atoms with van der Waals surface area (Å²) in [6.45, 7) is 11.1. The second kappa shape index (κ2) is 5.71. The van der Waals surface area contributed by atoms with E-state index in [1.165, 1.54) is 5.69 Å². The van der Waals surface area contributed by atoms with Gasteiger partial charge in [-0.3, -0.25) is 0 Å². The summed E-state index contributed by atoms with van der Waals surface area (Å²) in [7, 11) is 0. The van der Waals surface area contributed by atoms with Gasteiger partial charge in [-0.2, -0.15) is 0 Å². The average molecular weight is 207 g/mol. The summed E-state index contributed by atoms with van der Waals surface area (Å²) < 4.78 is 2.19. The van der Waals surface area contributed by atoms with Crippen LogP contribution in [-0.4, -0.2) is 15.6 Å². The first-order chi connectivity index (χ1) is 7.15. The molecule has 1 atom stereocenters. The molecule has 0 aliphatic carbocycles. The predicted molar refractivity (Wildman–Crippen MR) is 63.7 cm³/mol. The number of hydrogen-bond acceptors (Lipinski definition) is 2. The molecule has 3 nitrogen and oxygen atoms in total. The highest BCUT2D eigenvalue weighted by Crippen LogP contribution is 2.08. The smallest absolute Gasteiger partial charge is 0.0951 e. The summed E-state index contributed by atoms with van der Waals surface area (Å²) in [5.41, 5.74) is 1.24. The molecule has 0 aromatic carbocycles. The number of nitrogens with zero attached hydrogens (tertiary/aromatic N) is 2. The van der Waals surface area contributed by atoms with Gasteiger partial charge < -0.3 is 9.88 Å². The SMILES string of the molecule is C=CCC(C)NCc1cncn1C(C)C. The standard InChI is InChI=1S/C12H21N3/c1-5-6-11(4)14-8-12-7-13-9-15(12)10(2)3/h5,7,9-11,14H,1,6,8H2,2-4H3. The highest BCUT2D eigenvalue weighted by atomic mass is 15.1. The summed E-state index contributed by atoms with van der Waals surface area (Å²) in [4.78, 5) is 4.17. The van der Waals surface area contributed by atoms with Crippen molar-refractivity contribution in [3.63, 3.8) is 0 Å². The van der Waals surface area contributed by atoms with E-state index in [0.717, 1.165) is 13.0 Å². The van der Waals surface area contributed by atoms with Gasteiger partial charge in [0.1, 0.15) is 0 Å². The minimum absolute atomic E-state index is 0.470. The quantitative estimate of drug-likeness (QED) is 0.726. The Morgan fingerprint density at radius 3 is 2.87 bits per heavy atom. The van der Waals surface area contributed by atoms with E-state index in [0.29, 0.717) is 12.1 Å². The Morgan fingerprint density at radius 1 is 1.53 bits per heavy atom. The third kappa shape index (κ3) is 3.51. The Labute approximate surface area is 92.2 Å². The molecule has 1 aromatic heterocycles. The predicted octanol–water partition coefficient (Wildman–Crippen LogP) is 2.52. The van der Waals surface area contributed by atoms with Crippen molar-refractivity contribution in [2.45, 2.75) is 45.8 Å². The monoisotopic (exact) mass is 207 g/mol. The largest absolute Gasteiger partial charge is 0.331 e. The van der Waals surface area contributed by atoms with E-state index in [1.807, 2.05) is 18.6 Å². The Hall–Kier alpha value is -1.09. The second-order valence-electron chi connectivity index (χ2n) is 4.19. The van der Waals surface area contributed by atoms with E-state index in [4.69, 9.17) is 0 Å². The van der Waals surface area contributed by atoms with E-state index < -0.39 is 0 Å². The summed E-state index contributed by atoms with van der Waals surface area (Å²) in [5, 5.41) is 3.45. The van der Waals surface area contributed by atoms with Crippen molar-refractivity contribution in [1.29, 1.82) is 0 Å². The summed E-state index contributed by atoms with van der Waals surface area (Å²) in [6.07, 6.45) is 6.75. The van der Waals surface area contributed by atoms with E-state index in [2.05, 4.69) is 42.2 Å². The van der Waals surface area contributed by atoms with Gasteiger partial charge in [0.15, 0.2) is 0 Å². The zero-order chi connectivity index (χ0) is 11.3. The van der Waals surface area contributed by atoms with Gasteiger partial charge >= 0.3 is 0 Å². The third-order valence-electron chi connectivity index (χ3n) is 2.45. The molecular weight excluding hydrogens is 186 g/mol. The second-order valence-corrected chi connectivity index (χ2v) is 4.19. The van der Waals surface area contributed by atoms with Crippen molar-refractivity contribution in [3.8, 4) is 0 Å². The van der Waals surface area contributed by atoms with Crippen LogP contribution < -0.4 is 5.32 Å². The van der Waals surface area contributed by atoms with Crippen LogP contribution >= 0.6 is 0 Å². The topological polar surface area (TPSA) is 29.9 Å². The highest BCUT2D eigenvalue weighted by Gasteiger charge is 2.06. The van der Waals surface area contributed by atoms with Gasteiger partial charge in [-0.25, -0.2) is 4.98 Å². The summed E-state index contributed by atoms with van der Waals surface area (Å²) in [6, 6.07) is 0.942. The molecule has 0 bridgehead atoms. The molecule has 0 aliphatic heterocycles. The van der Waals surface area contributed by atoms with Gasteiger partial charge in [0.25, 0.3) is 0 Å². The molecule has 0 radical (unpaired) electrons. The van der Waals surface area contributed by atoms with Crippen molar-refractivity contribution < 1.29 is 0 Å². The number of hydrogen-bond donors (Lipinski definition) is 1. The van der Waals surface area contributed by atoms with Gasteiger partial charge in [0.2, 0.25) is 0 Å². The van der Waals surface area contributed by atoms with Gasteiger partial charge in [-0.05, 0) is 27.2 Å². The lowest BCUT2D eigenvalue weighted by atomic mass is 10.2. The molecule has 15 heavy (non-hydrogen) atoms. The molecule has 1 rings (SSSR count). The van der Waals surface area contributed by atoms with Crippen molar-refractivity contribution in [2.24, 2.45) is 0 Å². The lowest BCUT2D eigenvalue weighted by molar-refractivity contribution is 0.509. The highest BCUT2D eigenvalue weighted by molar-refractivity contribution is 4.99. The first-order valence-electron chi connectivity index (χ1n) is 5.50. The maximum Gasteiger partial charge on any atom is 0.0951 e. The molecule has 0 fully saturated rings. The van der Waals surface area contributed by atoms with Crippen LogP contribution in [0.3, 0.4) is 0 Å². The number of nitrogens with one attached hydrogen (secondary N) is 1. The van der Waals surface area contributed by atoms with Gasteiger partial charge in [-0.15, -0.1) is 6.58 Å². The Balaban J connectivity index is 2.49. The van der Waals surface area contributed by atoms with E-state index in [1.54, 1.807) is 0 Å². The molecule has 1 N–H and O–H groups in total. The van der Waals surface area contributed by atoms with E-state index >= 15 is 0 Å². The number of rotatable bonds is 6. The van der Waals surface area contributed by atoms with Crippen LogP contribution in [0.25, 0.3) is 0 Å². The van der Waals surface area contributed by atoms with Crippen molar-refractivity contribution in [2.75, 3.05) is 0 Å². The Morgan fingerprint density at radius 2 is 2.27 bits per heavy atom. The van der Waals surface area contributed by atoms with E-state index in [9.17, 15) is 0 Å². The zero-order valence-corrected chi connectivity index (χ0v) is 9.90. The van der Waals surface area contributed by atoms with Gasteiger partial charge in [0, 0.05) is 24.8 Å². The lowest BCUT2D eigenvalue weighted by Crippen LogP contribution is -2.26. The number of aromatic nitrogens is 2. The molecule has 0 aliphatic rings. The first kappa shape index (κ1) is 12.0. The van der Waals surface area contributed by atoms with Crippen LogP contribution in [0, 0.1) is 0 Å². The minimum atomic E-state index is 0.470. The fraction of sp³-hybridized carbons (Fsp3) is 0.583. The molecule has 1 aromatic rings. The molecular formula is C12H21N3. The lowest BCUT2D eigenvalue weighted by Gasteiger charge is -2.15. The maximum atomic E-state index is 4.17. The zero-order valence-electron chi connectivity index (χ0n) is 9.90. The first-order valence-corrected chi connectivity index (χ1v) is 5.50. The van der Waals surface area contributed by atoms with Gasteiger partial charge in [0.05, 0.1) is 12.0 Å². The molecule has 3 heteroatoms. The van der Waals surface area contributed by atoms with Crippen LogP contribution in [0.4, 0.5) is 0 Å². The molecule has 84 valence electrons. The molecule has 1 unspecified atom stereocenters. The average Bonchev–Trinajstić information content (AvgIpc) is 2.63. The van der Waals surface area contributed by atoms with Crippen LogP contribution in [0.5, 0.6) is 0 Å². The fourth-order valence-electron chi connectivity index (χ4n) is 1.55. The van der Waals surface area contributed by atoms with E-state index in [-0.39, 0.29) is 0 Å². The maximum absolute atomic E-state index is 4.17. The Bertz CT molecular complexity index is 302. The fourth-order valence-corrected chi connectivity index (χ4v) is 1.55. The molecule has 1 heterocycles. The normalized spacial score (nSPS) is 13.1. The minimum Gasteiger partial charge on any atom is -0.331 e. The van der Waals surface area contributed by atoms with Crippen LogP contribution in [0.15, 0.2) is 25.2 Å². The number of imidazole rings is 1. The summed E-state index contributed by atoms with van der Waals surface area (Å²) in [5.74, 6) is 0. The Kier molecular flexibility index (Phi) is 4.56. The van der Waals surface area contributed by atoms with Crippen molar-refractivity contribution >= 4 is 0 Å². The molecule has 0 spiro atoms. The van der Waals surface area contributed by atoms with Crippen molar-refractivity contribution in [3.05, 3.63) is 30.9 Å². The van der Waals surface area contributed by atoms with Crippen LogP contribution in [0.2, 0.25) is 0 Å². The van der Waals surface area contributed by atoms with Crippen LogP contribution in [-0.2, 0) is 6.54 Å². The van der Waals surface area contributed by atoms with Crippen molar-refractivity contribution in [1.82, 2.24) is 14.9 Å².